The number of hydrogen-bond donors (Lipinski definition) is 0. The van der Waals surface area contributed by atoms with Crippen LogP contribution in [-0.4, -0.2) is 36.8 Å². The molecule has 1 amide bonds. The van der Waals surface area contributed by atoms with Crippen molar-refractivity contribution >= 4 is 17.6 Å². The molecule has 0 unspecified atom stereocenters. The van der Waals surface area contributed by atoms with Crippen LogP contribution in [0.15, 0.2) is 47.6 Å². The molecule has 152 valence electrons. The topological polar surface area (TPSA) is 91.3 Å². The van der Waals surface area contributed by atoms with E-state index in [4.69, 9.17) is 9.47 Å². The lowest BCUT2D eigenvalue weighted by Crippen LogP contribution is -2.29. The van der Waals surface area contributed by atoms with Crippen LogP contribution in [-0.2, 0) is 9.59 Å². The molecule has 0 saturated carbocycles. The number of aliphatic carboxylic acids is 1. The number of carboxylic acid groups (broad SMARTS) is 1. The van der Waals surface area contributed by atoms with Gasteiger partial charge in [0.05, 0.1) is 26.0 Å². The minimum absolute atomic E-state index is 0.170. The van der Waals surface area contributed by atoms with Crippen molar-refractivity contribution in [2.75, 3.05) is 14.2 Å². The van der Waals surface area contributed by atoms with Crippen LogP contribution in [0.1, 0.15) is 42.0 Å². The Hall–Kier alpha value is -3.35. The number of carbonyl (C=O) groups is 2. The number of hydrogen-bond acceptors (Lipinski definition) is 6. The monoisotopic (exact) mass is 395 g/mol. The first kappa shape index (κ1) is 20.4. The molecule has 7 nitrogen and oxygen atoms in total. The van der Waals surface area contributed by atoms with Gasteiger partial charge in [-0.3, -0.25) is 4.79 Å². The zero-order valence-electron chi connectivity index (χ0n) is 16.7. The quantitative estimate of drug-likeness (QED) is 0.717. The molecule has 1 aliphatic heterocycles. The fourth-order valence-corrected chi connectivity index (χ4v) is 3.30. The molecule has 0 radical (unpaired) electrons. The van der Waals surface area contributed by atoms with Crippen molar-refractivity contribution in [3.63, 3.8) is 0 Å². The lowest BCUT2D eigenvalue weighted by atomic mass is 9.97. The Kier molecular flexibility index (Phi) is 6.16. The van der Waals surface area contributed by atoms with E-state index in [1.807, 2.05) is 43.3 Å². The number of ether oxygens (including phenoxy) is 2. The smallest absolute Gasteiger partial charge is 0.243 e. The van der Waals surface area contributed by atoms with E-state index in [9.17, 15) is 14.7 Å². The van der Waals surface area contributed by atoms with Crippen molar-refractivity contribution < 1.29 is 24.2 Å². The fourth-order valence-electron chi connectivity index (χ4n) is 3.30. The molecule has 1 atom stereocenters. The van der Waals surface area contributed by atoms with Crippen LogP contribution < -0.4 is 14.6 Å². The van der Waals surface area contributed by atoms with E-state index in [-0.39, 0.29) is 24.8 Å². The number of carbonyl (C=O) groups excluding carboxylic acids is 2. The third-order valence-electron chi connectivity index (χ3n) is 4.89. The van der Waals surface area contributed by atoms with Crippen LogP contribution in [0, 0.1) is 6.92 Å². The van der Waals surface area contributed by atoms with Gasteiger partial charge in [0.2, 0.25) is 5.91 Å². The van der Waals surface area contributed by atoms with Crippen LogP contribution in [0.3, 0.4) is 0 Å². The minimum atomic E-state index is -1.26. The highest BCUT2D eigenvalue weighted by Crippen LogP contribution is 2.37. The fraction of sp³-hybridized carbons (Fsp3) is 0.318. The Morgan fingerprint density at radius 3 is 2.38 bits per heavy atom. The van der Waals surface area contributed by atoms with Crippen LogP contribution in [0.5, 0.6) is 11.5 Å². The molecule has 0 fully saturated rings. The number of amides is 1. The summed E-state index contributed by atoms with van der Waals surface area (Å²) in [6.45, 7) is 2.00. The Morgan fingerprint density at radius 2 is 1.76 bits per heavy atom. The summed E-state index contributed by atoms with van der Waals surface area (Å²) >= 11 is 0. The summed E-state index contributed by atoms with van der Waals surface area (Å²) in [6.07, 6.45) is -0.00419. The second-order valence-electron chi connectivity index (χ2n) is 6.86. The first-order valence-electron chi connectivity index (χ1n) is 9.31. The predicted octanol–water partition coefficient (Wildman–Crippen LogP) is 2.22. The van der Waals surface area contributed by atoms with Crippen LogP contribution in [0.4, 0.5) is 0 Å². The molecule has 29 heavy (non-hydrogen) atoms. The molecule has 0 saturated heterocycles. The molecular formula is C22H23N2O5-. The van der Waals surface area contributed by atoms with Gasteiger partial charge in [0.15, 0.2) is 11.5 Å². The van der Waals surface area contributed by atoms with Gasteiger partial charge in [-0.15, -0.1) is 0 Å². The van der Waals surface area contributed by atoms with Gasteiger partial charge in [0, 0.05) is 18.8 Å². The van der Waals surface area contributed by atoms with Crippen molar-refractivity contribution in [3.8, 4) is 11.5 Å². The zero-order valence-corrected chi connectivity index (χ0v) is 16.7. The highest BCUT2D eigenvalue weighted by Gasteiger charge is 2.33. The van der Waals surface area contributed by atoms with Crippen molar-refractivity contribution in [1.29, 1.82) is 0 Å². The summed E-state index contributed by atoms with van der Waals surface area (Å²) in [5.41, 5.74) is 3.66. The van der Waals surface area contributed by atoms with Crippen molar-refractivity contribution in [2.24, 2.45) is 5.10 Å². The molecule has 0 bridgehead atoms. The third kappa shape index (κ3) is 4.56. The zero-order chi connectivity index (χ0) is 21.0. The van der Waals surface area contributed by atoms with Gasteiger partial charge in [0.25, 0.3) is 0 Å². The average molecular weight is 395 g/mol. The molecule has 1 aliphatic rings. The van der Waals surface area contributed by atoms with Crippen LogP contribution in [0.25, 0.3) is 0 Å². The summed E-state index contributed by atoms with van der Waals surface area (Å²) in [5, 5.41) is 16.7. The van der Waals surface area contributed by atoms with Crippen LogP contribution >= 0.6 is 0 Å². The molecular weight excluding hydrogens is 372 g/mol. The van der Waals surface area contributed by atoms with E-state index in [1.54, 1.807) is 20.3 Å². The highest BCUT2D eigenvalue weighted by atomic mass is 16.5. The second-order valence-corrected chi connectivity index (χ2v) is 6.86. The number of rotatable bonds is 7. The van der Waals surface area contributed by atoms with Gasteiger partial charge in [-0.05, 0) is 36.6 Å². The summed E-state index contributed by atoms with van der Waals surface area (Å²) in [5.74, 6) is -0.487. The largest absolute Gasteiger partial charge is 0.550 e. The first-order chi connectivity index (χ1) is 13.9. The summed E-state index contributed by atoms with van der Waals surface area (Å²) in [4.78, 5) is 23.5. The maximum absolute atomic E-state index is 12.7. The van der Waals surface area contributed by atoms with E-state index >= 15 is 0 Å². The lowest BCUT2D eigenvalue weighted by molar-refractivity contribution is -0.305. The van der Waals surface area contributed by atoms with Gasteiger partial charge in [0.1, 0.15) is 0 Å². The van der Waals surface area contributed by atoms with Gasteiger partial charge in [-0.25, -0.2) is 5.01 Å². The molecule has 0 N–H and O–H groups in total. The second kappa shape index (κ2) is 8.77. The van der Waals surface area contributed by atoms with Gasteiger partial charge in [-0.2, -0.15) is 5.10 Å². The molecule has 3 rings (SSSR count). The Labute approximate surface area is 169 Å². The van der Waals surface area contributed by atoms with Gasteiger partial charge in [-0.1, -0.05) is 35.9 Å². The van der Waals surface area contributed by atoms with E-state index in [0.717, 1.165) is 22.4 Å². The molecule has 0 spiro atoms. The van der Waals surface area contributed by atoms with Gasteiger partial charge >= 0.3 is 0 Å². The minimum Gasteiger partial charge on any atom is -0.550 e. The van der Waals surface area contributed by atoms with Crippen LogP contribution in [0.2, 0.25) is 0 Å². The summed E-state index contributed by atoms with van der Waals surface area (Å²) < 4.78 is 10.7. The SMILES string of the molecule is COc1ccc([C@H]2CC(c3ccc(C)cc3)=NN2C(=O)CCC(=O)[O-])cc1OC. The number of benzene rings is 2. The summed E-state index contributed by atoms with van der Waals surface area (Å²) in [6, 6.07) is 13.0. The molecule has 0 aliphatic carbocycles. The number of nitrogens with zero attached hydrogens (tertiary/aromatic N) is 2. The summed E-state index contributed by atoms with van der Waals surface area (Å²) in [7, 11) is 3.11. The molecule has 2 aromatic rings. The molecule has 2 aromatic carbocycles. The standard InChI is InChI=1S/C22H24N2O5/c1-14-4-6-15(7-5-14)17-13-18(24(23-17)21(25)10-11-22(26)27)16-8-9-19(28-2)20(12-16)29-3/h4-9,12,18H,10-11,13H2,1-3H3,(H,26,27)/p-1/t18-/m1/s1. The van der Waals surface area contributed by atoms with Gasteiger partial charge < -0.3 is 19.4 Å². The van der Waals surface area contributed by atoms with Crippen molar-refractivity contribution in [3.05, 3.63) is 59.2 Å². The molecule has 0 aromatic heterocycles. The van der Waals surface area contributed by atoms with E-state index < -0.39 is 5.97 Å². The number of hydrazone groups is 1. The number of aryl methyl sites for hydroxylation is 1. The van der Waals surface area contributed by atoms with Crippen molar-refractivity contribution in [1.82, 2.24) is 5.01 Å². The maximum Gasteiger partial charge on any atom is 0.243 e. The first-order valence-corrected chi connectivity index (χ1v) is 9.31. The molecule has 7 heteroatoms. The van der Waals surface area contributed by atoms with Crippen molar-refractivity contribution in [2.45, 2.75) is 32.2 Å². The highest BCUT2D eigenvalue weighted by molar-refractivity contribution is 6.03. The predicted molar refractivity (Wildman–Crippen MR) is 106 cm³/mol. The van der Waals surface area contributed by atoms with E-state index in [2.05, 4.69) is 5.10 Å². The third-order valence-corrected chi connectivity index (χ3v) is 4.89. The van der Waals surface area contributed by atoms with E-state index in [1.165, 1.54) is 5.01 Å². The number of methoxy groups -OCH3 is 2. The lowest BCUT2D eigenvalue weighted by Gasteiger charge is -2.23. The molecule has 1 heterocycles. The average Bonchev–Trinajstić information content (AvgIpc) is 3.17. The Balaban J connectivity index is 1.94. The maximum atomic E-state index is 12.7. The normalized spacial score (nSPS) is 15.8. The number of carboxylic acids is 1. The Morgan fingerprint density at radius 1 is 1.07 bits per heavy atom. The Bertz CT molecular complexity index is 937. The van der Waals surface area contributed by atoms with E-state index in [0.29, 0.717) is 17.9 Å².